The molecule has 2 N–H and O–H groups in total. The Kier molecular flexibility index (Phi) is 6.38. The Bertz CT molecular complexity index is 847. The number of nitrogens with one attached hydrogen (secondary N) is 2. The number of fused-ring (bicyclic) bond motifs is 3. The number of H-pyrrole nitrogens is 1. The Labute approximate surface area is 158 Å². The Morgan fingerprint density at radius 3 is 2.96 bits per heavy atom. The van der Waals surface area contributed by atoms with Crippen molar-refractivity contribution in [2.45, 2.75) is 31.9 Å². The van der Waals surface area contributed by atoms with E-state index in [1.54, 1.807) is 17.8 Å². The molecule has 0 aliphatic carbocycles. The van der Waals surface area contributed by atoms with Gasteiger partial charge in [0.05, 0.1) is 0 Å². The minimum absolute atomic E-state index is 0.00829. The summed E-state index contributed by atoms with van der Waals surface area (Å²) < 4.78 is 0. The molecule has 0 spiro atoms. The Hall–Kier alpha value is -1.79. The molecule has 0 saturated heterocycles. The van der Waals surface area contributed by atoms with Crippen LogP contribution in [-0.2, 0) is 12.2 Å². The van der Waals surface area contributed by atoms with Crippen LogP contribution in [0.3, 0.4) is 0 Å². The van der Waals surface area contributed by atoms with Gasteiger partial charge in [-0.15, -0.1) is 0 Å². The fourth-order valence-electron chi connectivity index (χ4n) is 3.30. The van der Waals surface area contributed by atoms with E-state index in [1.807, 2.05) is 12.1 Å². The van der Waals surface area contributed by atoms with Crippen molar-refractivity contribution in [3.63, 3.8) is 0 Å². The van der Waals surface area contributed by atoms with Crippen LogP contribution in [0.5, 0.6) is 0 Å². The van der Waals surface area contributed by atoms with Gasteiger partial charge >= 0.3 is 0 Å². The average molecular weight is 374 g/mol. The number of carbonyl (C=O) groups excluding carboxylic acids is 1. The van der Waals surface area contributed by atoms with E-state index in [0.29, 0.717) is 12.1 Å². The summed E-state index contributed by atoms with van der Waals surface area (Å²) in [6.45, 7) is 4.94. The minimum atomic E-state index is -0.0409. The van der Waals surface area contributed by atoms with Crippen LogP contribution in [0.4, 0.5) is 0 Å². The van der Waals surface area contributed by atoms with Gasteiger partial charge in [0, 0.05) is 34.3 Å². The molecule has 0 atom stereocenters. The lowest BCUT2D eigenvalue weighted by atomic mass is 9.99. The van der Waals surface area contributed by atoms with Gasteiger partial charge in [-0.1, -0.05) is 6.92 Å². The van der Waals surface area contributed by atoms with Crippen LogP contribution in [0.2, 0.25) is 0 Å². The van der Waals surface area contributed by atoms with Crippen LogP contribution >= 0.6 is 11.8 Å². The molecule has 0 unspecified atom stereocenters. The van der Waals surface area contributed by atoms with Gasteiger partial charge in [-0.2, -0.15) is 11.8 Å². The SMILES string of the molecule is CCN(C)CCCCNC(=O)c1ccc2[nH]c(=O)c3c(c2c1)CCSC3. The molecule has 2 aromatic rings. The first-order chi connectivity index (χ1) is 12.6. The third-order valence-corrected chi connectivity index (χ3v) is 6.01. The van der Waals surface area contributed by atoms with Gasteiger partial charge in [-0.25, -0.2) is 0 Å². The number of amides is 1. The van der Waals surface area contributed by atoms with Crippen LogP contribution in [0.1, 0.15) is 41.3 Å². The number of benzene rings is 1. The molecular formula is C20H27N3O2S. The first kappa shape index (κ1) is 19.0. The van der Waals surface area contributed by atoms with E-state index in [9.17, 15) is 9.59 Å². The van der Waals surface area contributed by atoms with Gasteiger partial charge in [0.15, 0.2) is 0 Å². The molecule has 1 amide bonds. The van der Waals surface area contributed by atoms with Gasteiger partial charge in [0.1, 0.15) is 0 Å². The number of nitrogens with zero attached hydrogens (tertiary/aromatic N) is 1. The van der Waals surface area contributed by atoms with Crippen molar-refractivity contribution >= 4 is 28.6 Å². The van der Waals surface area contributed by atoms with Crippen LogP contribution < -0.4 is 10.9 Å². The molecule has 0 bridgehead atoms. The maximum Gasteiger partial charge on any atom is 0.252 e. The monoisotopic (exact) mass is 373 g/mol. The van der Waals surface area contributed by atoms with Crippen molar-refractivity contribution < 1.29 is 4.79 Å². The van der Waals surface area contributed by atoms with E-state index in [2.05, 4.69) is 29.2 Å². The van der Waals surface area contributed by atoms with Crippen LogP contribution in [0, 0.1) is 0 Å². The lowest BCUT2D eigenvalue weighted by Gasteiger charge is -2.17. The van der Waals surface area contributed by atoms with Crippen molar-refractivity contribution in [3.8, 4) is 0 Å². The van der Waals surface area contributed by atoms with Gasteiger partial charge < -0.3 is 15.2 Å². The number of rotatable bonds is 7. The third kappa shape index (κ3) is 4.30. The number of hydrogen-bond donors (Lipinski definition) is 2. The molecule has 0 radical (unpaired) electrons. The smallest absolute Gasteiger partial charge is 0.252 e. The van der Waals surface area contributed by atoms with Gasteiger partial charge in [-0.3, -0.25) is 9.59 Å². The quantitative estimate of drug-likeness (QED) is 0.733. The molecule has 26 heavy (non-hydrogen) atoms. The zero-order chi connectivity index (χ0) is 18.5. The lowest BCUT2D eigenvalue weighted by molar-refractivity contribution is 0.0953. The zero-order valence-electron chi connectivity index (χ0n) is 15.6. The molecule has 1 aromatic carbocycles. The fraction of sp³-hybridized carbons (Fsp3) is 0.500. The maximum absolute atomic E-state index is 12.5. The number of hydrogen-bond acceptors (Lipinski definition) is 4. The van der Waals surface area contributed by atoms with E-state index >= 15 is 0 Å². The largest absolute Gasteiger partial charge is 0.352 e. The van der Waals surface area contributed by atoms with E-state index < -0.39 is 0 Å². The molecule has 1 aliphatic rings. The summed E-state index contributed by atoms with van der Waals surface area (Å²) in [5.41, 5.74) is 3.47. The zero-order valence-corrected chi connectivity index (χ0v) is 16.4. The summed E-state index contributed by atoms with van der Waals surface area (Å²) in [5, 5.41) is 4.02. The molecular weight excluding hydrogens is 346 g/mol. The van der Waals surface area contributed by atoms with Gasteiger partial charge in [0.25, 0.3) is 11.5 Å². The summed E-state index contributed by atoms with van der Waals surface area (Å²) in [6, 6.07) is 5.58. The minimum Gasteiger partial charge on any atom is -0.352 e. The summed E-state index contributed by atoms with van der Waals surface area (Å²) in [6.07, 6.45) is 2.94. The van der Waals surface area contributed by atoms with Crippen molar-refractivity contribution in [1.29, 1.82) is 0 Å². The van der Waals surface area contributed by atoms with E-state index in [-0.39, 0.29) is 11.5 Å². The number of unbranched alkanes of at least 4 members (excludes halogenated alkanes) is 1. The second-order valence-electron chi connectivity index (χ2n) is 6.83. The summed E-state index contributed by atoms with van der Waals surface area (Å²) in [7, 11) is 2.11. The molecule has 1 aromatic heterocycles. The van der Waals surface area contributed by atoms with Gasteiger partial charge in [-0.05, 0) is 68.9 Å². The average Bonchev–Trinajstić information content (AvgIpc) is 2.67. The molecule has 5 nitrogen and oxygen atoms in total. The Morgan fingerprint density at radius 1 is 1.31 bits per heavy atom. The Morgan fingerprint density at radius 2 is 2.15 bits per heavy atom. The second-order valence-corrected chi connectivity index (χ2v) is 7.94. The predicted octanol–water partition coefficient (Wildman–Crippen LogP) is 2.78. The molecule has 0 fully saturated rings. The maximum atomic E-state index is 12.5. The highest BCUT2D eigenvalue weighted by Crippen LogP contribution is 2.28. The van der Waals surface area contributed by atoms with Crippen molar-refractivity contribution in [3.05, 3.63) is 45.2 Å². The topological polar surface area (TPSA) is 65.2 Å². The molecule has 3 rings (SSSR count). The predicted molar refractivity (Wildman–Crippen MR) is 109 cm³/mol. The molecule has 140 valence electrons. The number of thioether (sulfide) groups is 1. The first-order valence-corrected chi connectivity index (χ1v) is 10.5. The van der Waals surface area contributed by atoms with E-state index in [4.69, 9.17) is 0 Å². The van der Waals surface area contributed by atoms with E-state index in [1.165, 1.54) is 0 Å². The normalized spacial score (nSPS) is 13.8. The fourth-order valence-corrected chi connectivity index (χ4v) is 4.30. The Balaban J connectivity index is 1.69. The molecule has 6 heteroatoms. The van der Waals surface area contributed by atoms with Crippen LogP contribution in [0.25, 0.3) is 10.9 Å². The third-order valence-electron chi connectivity index (χ3n) is 5.03. The first-order valence-electron chi connectivity index (χ1n) is 9.32. The number of carbonyl (C=O) groups is 1. The highest BCUT2D eigenvalue weighted by atomic mass is 32.2. The van der Waals surface area contributed by atoms with E-state index in [0.717, 1.165) is 65.9 Å². The van der Waals surface area contributed by atoms with Crippen molar-refractivity contribution in [2.75, 3.05) is 32.4 Å². The number of aromatic amines is 1. The lowest BCUT2D eigenvalue weighted by Crippen LogP contribution is -2.26. The van der Waals surface area contributed by atoms with Gasteiger partial charge in [0.2, 0.25) is 0 Å². The second kappa shape index (κ2) is 8.73. The van der Waals surface area contributed by atoms with Crippen molar-refractivity contribution in [1.82, 2.24) is 15.2 Å². The molecule has 2 heterocycles. The summed E-state index contributed by atoms with van der Waals surface area (Å²) in [5.74, 6) is 1.73. The number of aryl methyl sites for hydroxylation is 1. The highest BCUT2D eigenvalue weighted by molar-refractivity contribution is 7.98. The molecule has 0 saturated carbocycles. The highest BCUT2D eigenvalue weighted by Gasteiger charge is 2.17. The van der Waals surface area contributed by atoms with Crippen molar-refractivity contribution in [2.24, 2.45) is 0 Å². The van der Waals surface area contributed by atoms with Crippen LogP contribution in [0.15, 0.2) is 23.0 Å². The summed E-state index contributed by atoms with van der Waals surface area (Å²) >= 11 is 1.79. The standard InChI is InChI=1S/C20H27N3O2S/c1-3-23(2)10-5-4-9-21-19(24)14-6-7-18-16(12-14)15-8-11-26-13-17(15)20(25)22-18/h6-7,12H,3-5,8-11,13H2,1-2H3,(H,21,24)(H,22,25). The summed E-state index contributed by atoms with van der Waals surface area (Å²) in [4.78, 5) is 29.9. The number of aromatic nitrogens is 1. The number of pyridine rings is 1. The van der Waals surface area contributed by atoms with Crippen LogP contribution in [-0.4, -0.2) is 48.2 Å². The molecule has 1 aliphatic heterocycles.